The third kappa shape index (κ3) is 6.22. The molecule has 0 aliphatic rings. The van der Waals surface area contributed by atoms with E-state index in [1.165, 1.54) is 6.08 Å². The van der Waals surface area contributed by atoms with E-state index in [4.69, 9.17) is 4.74 Å². The number of amides is 1. The van der Waals surface area contributed by atoms with Crippen LogP contribution in [0.2, 0.25) is 0 Å². The summed E-state index contributed by atoms with van der Waals surface area (Å²) in [6.07, 6.45) is 1.54. The van der Waals surface area contributed by atoms with Crippen LogP contribution in [0.15, 0.2) is 64.6 Å². The summed E-state index contributed by atoms with van der Waals surface area (Å²) >= 11 is 5.66. The van der Waals surface area contributed by atoms with Crippen LogP contribution in [0.4, 0.5) is 5.69 Å². The lowest BCUT2D eigenvalue weighted by atomic mass is 10.1. The minimum Gasteiger partial charge on any atom is -0.487 e. The highest BCUT2D eigenvalue weighted by molar-refractivity contribution is 14.1. The Hall–Kier alpha value is -3.14. The summed E-state index contributed by atoms with van der Waals surface area (Å²) in [7, 11) is 0. The standard InChI is InChI=1S/C26H19BrIN3O2/c1-16-7-8-22(9-17(16)2)31-26(32)21(14-30)10-18-11-23(27)25(24(28)12-18)33-15-20-6-4-3-5-19(20)13-29/h3-12H,15H2,1-2H3,(H,31,32)/b21-10+. The van der Waals surface area contributed by atoms with E-state index in [0.29, 0.717) is 27.0 Å². The Kier molecular flexibility index (Phi) is 8.26. The average Bonchev–Trinajstić information content (AvgIpc) is 2.79. The third-order valence-electron chi connectivity index (χ3n) is 4.97. The zero-order chi connectivity index (χ0) is 24.0. The maximum Gasteiger partial charge on any atom is 0.266 e. The summed E-state index contributed by atoms with van der Waals surface area (Å²) in [5, 5.41) is 21.6. The van der Waals surface area contributed by atoms with Crippen molar-refractivity contribution in [2.75, 3.05) is 5.32 Å². The summed E-state index contributed by atoms with van der Waals surface area (Å²) in [6, 6.07) is 20.6. The molecule has 0 radical (unpaired) electrons. The molecule has 5 nitrogen and oxygen atoms in total. The first-order chi connectivity index (χ1) is 15.8. The molecule has 0 unspecified atom stereocenters. The normalized spacial score (nSPS) is 10.8. The van der Waals surface area contributed by atoms with Crippen molar-refractivity contribution < 1.29 is 9.53 Å². The largest absolute Gasteiger partial charge is 0.487 e. The van der Waals surface area contributed by atoms with Crippen molar-refractivity contribution in [3.05, 3.63) is 96.0 Å². The predicted octanol–water partition coefficient (Wildman–Crippen LogP) is 6.67. The molecule has 33 heavy (non-hydrogen) atoms. The number of hydrogen-bond donors (Lipinski definition) is 1. The first-order valence-corrected chi connectivity index (χ1v) is 11.8. The van der Waals surface area contributed by atoms with E-state index < -0.39 is 5.91 Å². The highest BCUT2D eigenvalue weighted by Gasteiger charge is 2.13. The van der Waals surface area contributed by atoms with Crippen LogP contribution >= 0.6 is 38.5 Å². The summed E-state index contributed by atoms with van der Waals surface area (Å²) < 4.78 is 7.44. The summed E-state index contributed by atoms with van der Waals surface area (Å²) in [5.74, 6) is 0.152. The van der Waals surface area contributed by atoms with Gasteiger partial charge < -0.3 is 10.1 Å². The highest BCUT2D eigenvalue weighted by Crippen LogP contribution is 2.33. The van der Waals surface area contributed by atoms with Gasteiger partial charge in [-0.05, 0) is 105 Å². The Labute approximate surface area is 215 Å². The molecule has 0 bridgehead atoms. The number of nitrogens with one attached hydrogen (secondary N) is 1. The van der Waals surface area contributed by atoms with Crippen LogP contribution in [-0.4, -0.2) is 5.91 Å². The van der Waals surface area contributed by atoms with Gasteiger partial charge in [-0.1, -0.05) is 24.3 Å². The molecule has 1 amide bonds. The van der Waals surface area contributed by atoms with Gasteiger partial charge in [-0.15, -0.1) is 0 Å². The minimum absolute atomic E-state index is 0.00690. The van der Waals surface area contributed by atoms with Crippen molar-refractivity contribution in [1.82, 2.24) is 0 Å². The van der Waals surface area contributed by atoms with Crippen molar-refractivity contribution in [2.45, 2.75) is 20.5 Å². The SMILES string of the molecule is Cc1ccc(NC(=O)/C(C#N)=C/c2cc(Br)c(OCc3ccccc3C#N)c(I)c2)cc1C. The molecular formula is C26H19BrIN3O2. The van der Waals surface area contributed by atoms with Crippen LogP contribution < -0.4 is 10.1 Å². The minimum atomic E-state index is -0.472. The molecule has 0 heterocycles. The number of carbonyl (C=O) groups is 1. The maximum absolute atomic E-state index is 12.6. The van der Waals surface area contributed by atoms with Crippen LogP contribution in [-0.2, 0) is 11.4 Å². The van der Waals surface area contributed by atoms with Gasteiger partial charge in [0.05, 0.1) is 19.7 Å². The van der Waals surface area contributed by atoms with Crippen LogP contribution in [0, 0.1) is 40.1 Å². The van der Waals surface area contributed by atoms with E-state index in [-0.39, 0.29) is 12.2 Å². The molecule has 3 rings (SSSR count). The lowest BCUT2D eigenvalue weighted by Gasteiger charge is -2.12. The number of anilines is 1. The molecule has 0 saturated heterocycles. The number of nitriles is 2. The smallest absolute Gasteiger partial charge is 0.266 e. The number of carbonyl (C=O) groups excluding carboxylic acids is 1. The zero-order valence-electron chi connectivity index (χ0n) is 17.9. The summed E-state index contributed by atoms with van der Waals surface area (Å²) in [6.45, 7) is 4.21. The van der Waals surface area contributed by atoms with Crippen molar-refractivity contribution >= 4 is 56.2 Å². The van der Waals surface area contributed by atoms with Gasteiger partial charge in [-0.3, -0.25) is 4.79 Å². The molecule has 0 aliphatic carbocycles. The number of benzene rings is 3. The first-order valence-electron chi connectivity index (χ1n) is 9.92. The number of hydrogen-bond acceptors (Lipinski definition) is 4. The fourth-order valence-corrected chi connectivity index (χ4v) is 4.81. The molecule has 3 aromatic rings. The highest BCUT2D eigenvalue weighted by atomic mass is 127. The number of nitrogens with zero attached hydrogens (tertiary/aromatic N) is 2. The maximum atomic E-state index is 12.6. The molecule has 164 valence electrons. The topological polar surface area (TPSA) is 85.9 Å². The predicted molar refractivity (Wildman–Crippen MR) is 140 cm³/mol. The second-order valence-electron chi connectivity index (χ2n) is 7.29. The van der Waals surface area contributed by atoms with Crippen molar-refractivity contribution in [2.24, 2.45) is 0 Å². The van der Waals surface area contributed by atoms with E-state index in [1.54, 1.807) is 12.1 Å². The molecule has 0 aromatic heterocycles. The number of halogens is 2. The van der Waals surface area contributed by atoms with E-state index in [1.807, 2.05) is 62.4 Å². The van der Waals surface area contributed by atoms with E-state index in [9.17, 15) is 15.3 Å². The summed E-state index contributed by atoms with van der Waals surface area (Å²) in [4.78, 5) is 12.6. The van der Waals surface area contributed by atoms with Crippen LogP contribution in [0.5, 0.6) is 5.75 Å². The zero-order valence-corrected chi connectivity index (χ0v) is 21.7. The molecule has 0 atom stereocenters. The molecule has 7 heteroatoms. The van der Waals surface area contributed by atoms with Crippen molar-refractivity contribution in [3.63, 3.8) is 0 Å². The van der Waals surface area contributed by atoms with Crippen molar-refractivity contribution in [3.8, 4) is 17.9 Å². The molecular weight excluding hydrogens is 593 g/mol. The monoisotopic (exact) mass is 611 g/mol. The van der Waals surface area contributed by atoms with Gasteiger partial charge in [-0.25, -0.2) is 0 Å². The van der Waals surface area contributed by atoms with Gasteiger partial charge >= 0.3 is 0 Å². The number of aryl methyl sites for hydroxylation is 2. The second-order valence-corrected chi connectivity index (χ2v) is 9.31. The number of rotatable bonds is 6. The molecule has 3 aromatic carbocycles. The Morgan fingerprint density at radius 1 is 1.12 bits per heavy atom. The molecule has 0 fully saturated rings. The number of ether oxygens (including phenoxy) is 1. The Balaban J connectivity index is 1.79. The molecule has 0 saturated carbocycles. The van der Waals surface area contributed by atoms with Crippen LogP contribution in [0.3, 0.4) is 0 Å². The van der Waals surface area contributed by atoms with Crippen molar-refractivity contribution in [1.29, 1.82) is 10.5 Å². The fourth-order valence-electron chi connectivity index (χ4n) is 3.04. The Bertz CT molecular complexity index is 1310. The van der Waals surface area contributed by atoms with E-state index >= 15 is 0 Å². The average molecular weight is 612 g/mol. The fraction of sp³-hybridized carbons (Fsp3) is 0.115. The molecule has 0 aliphatic heterocycles. The van der Waals surface area contributed by atoms with E-state index in [0.717, 1.165) is 20.3 Å². The van der Waals surface area contributed by atoms with Gasteiger partial charge in [0.25, 0.3) is 5.91 Å². The first kappa shape index (κ1) is 24.5. The lowest BCUT2D eigenvalue weighted by Crippen LogP contribution is -2.13. The van der Waals surface area contributed by atoms with Gasteiger partial charge in [0.15, 0.2) is 0 Å². The van der Waals surface area contributed by atoms with Gasteiger partial charge in [0, 0.05) is 11.3 Å². The Morgan fingerprint density at radius 2 is 1.88 bits per heavy atom. The second kappa shape index (κ2) is 11.1. The van der Waals surface area contributed by atoms with Crippen LogP contribution in [0.1, 0.15) is 27.8 Å². The van der Waals surface area contributed by atoms with Gasteiger partial charge in [0.1, 0.15) is 24.0 Å². The molecule has 0 spiro atoms. The van der Waals surface area contributed by atoms with Gasteiger partial charge in [0.2, 0.25) is 0 Å². The Morgan fingerprint density at radius 3 is 2.55 bits per heavy atom. The van der Waals surface area contributed by atoms with E-state index in [2.05, 4.69) is 49.9 Å². The lowest BCUT2D eigenvalue weighted by molar-refractivity contribution is -0.112. The molecule has 1 N–H and O–H groups in total. The summed E-state index contributed by atoms with van der Waals surface area (Å²) in [5.41, 5.74) is 4.86. The quantitative estimate of drug-likeness (QED) is 0.192. The van der Waals surface area contributed by atoms with Crippen LogP contribution in [0.25, 0.3) is 6.08 Å². The van der Waals surface area contributed by atoms with Gasteiger partial charge in [-0.2, -0.15) is 10.5 Å². The third-order valence-corrected chi connectivity index (χ3v) is 6.36.